The molecular formula is C20H17N5O2. The first-order valence-electron chi connectivity index (χ1n) is 8.41. The molecule has 0 aliphatic heterocycles. The summed E-state index contributed by atoms with van der Waals surface area (Å²) in [6.45, 7) is 3.83. The maximum atomic E-state index is 12.7. The Bertz CT molecular complexity index is 1100. The Morgan fingerprint density at radius 2 is 1.96 bits per heavy atom. The molecule has 1 N–H and O–H groups in total. The van der Waals surface area contributed by atoms with E-state index in [2.05, 4.69) is 20.6 Å². The number of benzene rings is 2. The molecule has 0 unspecified atom stereocenters. The topological polar surface area (TPSA) is 85.8 Å². The van der Waals surface area contributed by atoms with E-state index in [0.29, 0.717) is 17.1 Å². The molecule has 4 rings (SSSR count). The fraction of sp³-hybridized carbons (Fsp3) is 0.100. The predicted molar refractivity (Wildman–Crippen MR) is 101 cm³/mol. The molecule has 2 heterocycles. The standard InChI is InChI=1S/C20H17N5O2/c1-13-5-3-8-17(9-13)25-14(2)19(23-24-25)20(26)22-16-7-4-6-15(10-16)18-11-21-12-27-18/h3-12H,1-2H3,(H,22,26). The maximum absolute atomic E-state index is 12.7. The summed E-state index contributed by atoms with van der Waals surface area (Å²) in [5.41, 5.74) is 4.39. The van der Waals surface area contributed by atoms with Gasteiger partial charge in [0.15, 0.2) is 17.8 Å². The van der Waals surface area contributed by atoms with Gasteiger partial charge < -0.3 is 9.73 Å². The molecular weight excluding hydrogens is 342 g/mol. The lowest BCUT2D eigenvalue weighted by molar-refractivity contribution is 0.102. The molecule has 0 radical (unpaired) electrons. The van der Waals surface area contributed by atoms with Crippen LogP contribution in [0.4, 0.5) is 5.69 Å². The maximum Gasteiger partial charge on any atom is 0.278 e. The second-order valence-corrected chi connectivity index (χ2v) is 6.17. The molecule has 7 heteroatoms. The van der Waals surface area contributed by atoms with Crippen LogP contribution in [0, 0.1) is 13.8 Å². The van der Waals surface area contributed by atoms with Crippen molar-refractivity contribution in [2.45, 2.75) is 13.8 Å². The van der Waals surface area contributed by atoms with Gasteiger partial charge in [-0.25, -0.2) is 9.67 Å². The number of amides is 1. The van der Waals surface area contributed by atoms with Crippen LogP contribution in [0.1, 0.15) is 21.7 Å². The molecule has 2 aromatic carbocycles. The summed E-state index contributed by atoms with van der Waals surface area (Å²) < 4.78 is 6.96. The highest BCUT2D eigenvalue weighted by molar-refractivity contribution is 6.03. The number of rotatable bonds is 4. The summed E-state index contributed by atoms with van der Waals surface area (Å²) in [7, 11) is 0. The van der Waals surface area contributed by atoms with Gasteiger partial charge in [0.05, 0.1) is 17.6 Å². The number of aromatic nitrogens is 4. The van der Waals surface area contributed by atoms with Crippen LogP contribution in [0.5, 0.6) is 0 Å². The molecule has 0 bridgehead atoms. The molecule has 7 nitrogen and oxygen atoms in total. The van der Waals surface area contributed by atoms with E-state index in [9.17, 15) is 4.79 Å². The van der Waals surface area contributed by atoms with Crippen LogP contribution >= 0.6 is 0 Å². The van der Waals surface area contributed by atoms with E-state index < -0.39 is 0 Å². The fourth-order valence-electron chi connectivity index (χ4n) is 2.84. The number of hydrogen-bond donors (Lipinski definition) is 1. The Hall–Kier alpha value is -3.74. The van der Waals surface area contributed by atoms with E-state index >= 15 is 0 Å². The number of carbonyl (C=O) groups excluding carboxylic acids is 1. The van der Waals surface area contributed by atoms with Crippen molar-refractivity contribution in [2.75, 3.05) is 5.32 Å². The van der Waals surface area contributed by atoms with Gasteiger partial charge in [-0.15, -0.1) is 5.10 Å². The lowest BCUT2D eigenvalue weighted by atomic mass is 10.1. The van der Waals surface area contributed by atoms with Crippen LogP contribution in [0.25, 0.3) is 17.0 Å². The normalized spacial score (nSPS) is 10.7. The van der Waals surface area contributed by atoms with Gasteiger partial charge >= 0.3 is 0 Å². The molecule has 0 spiro atoms. The van der Waals surface area contributed by atoms with E-state index in [0.717, 1.165) is 16.8 Å². The van der Waals surface area contributed by atoms with Crippen LogP contribution in [0.15, 0.2) is 65.5 Å². The molecule has 0 saturated carbocycles. The van der Waals surface area contributed by atoms with E-state index in [1.165, 1.54) is 6.39 Å². The van der Waals surface area contributed by atoms with Crippen molar-refractivity contribution in [2.24, 2.45) is 0 Å². The van der Waals surface area contributed by atoms with Gasteiger partial charge in [0.25, 0.3) is 5.91 Å². The molecule has 0 aliphatic rings. The number of carbonyl (C=O) groups is 1. The minimum atomic E-state index is -0.318. The number of anilines is 1. The molecule has 0 aliphatic carbocycles. The average molecular weight is 359 g/mol. The zero-order chi connectivity index (χ0) is 18.8. The van der Waals surface area contributed by atoms with Gasteiger partial charge in [-0.05, 0) is 43.7 Å². The number of aryl methyl sites for hydroxylation is 1. The molecule has 1 amide bonds. The van der Waals surface area contributed by atoms with Crippen LogP contribution < -0.4 is 5.32 Å². The first-order valence-corrected chi connectivity index (χ1v) is 8.41. The summed E-state index contributed by atoms with van der Waals surface area (Å²) in [5, 5.41) is 11.1. The van der Waals surface area contributed by atoms with Crippen molar-refractivity contribution < 1.29 is 9.21 Å². The van der Waals surface area contributed by atoms with Gasteiger partial charge in [-0.2, -0.15) is 0 Å². The van der Waals surface area contributed by atoms with Gasteiger partial charge in [-0.3, -0.25) is 4.79 Å². The molecule has 134 valence electrons. The number of nitrogens with zero attached hydrogens (tertiary/aromatic N) is 4. The Kier molecular flexibility index (Phi) is 4.25. The molecule has 0 atom stereocenters. The van der Waals surface area contributed by atoms with E-state index in [-0.39, 0.29) is 11.6 Å². The third kappa shape index (κ3) is 3.35. The van der Waals surface area contributed by atoms with Crippen LogP contribution in [-0.2, 0) is 0 Å². The Labute approximate surface area is 155 Å². The van der Waals surface area contributed by atoms with Crippen molar-refractivity contribution in [3.8, 4) is 17.0 Å². The van der Waals surface area contributed by atoms with E-state index in [4.69, 9.17) is 4.42 Å². The second-order valence-electron chi connectivity index (χ2n) is 6.17. The highest BCUT2D eigenvalue weighted by Crippen LogP contribution is 2.22. The number of nitrogens with one attached hydrogen (secondary N) is 1. The average Bonchev–Trinajstić information content (AvgIpc) is 3.32. The Morgan fingerprint density at radius 3 is 2.74 bits per heavy atom. The zero-order valence-corrected chi connectivity index (χ0v) is 14.9. The van der Waals surface area contributed by atoms with Gasteiger partial charge in [-0.1, -0.05) is 29.5 Å². The largest absolute Gasteiger partial charge is 0.444 e. The lowest BCUT2D eigenvalue weighted by Gasteiger charge is -2.06. The van der Waals surface area contributed by atoms with Crippen molar-refractivity contribution in [1.82, 2.24) is 20.0 Å². The van der Waals surface area contributed by atoms with Crippen molar-refractivity contribution in [3.63, 3.8) is 0 Å². The van der Waals surface area contributed by atoms with Gasteiger partial charge in [0.2, 0.25) is 0 Å². The minimum Gasteiger partial charge on any atom is -0.444 e. The summed E-state index contributed by atoms with van der Waals surface area (Å²) in [5.74, 6) is 0.314. The quantitative estimate of drug-likeness (QED) is 0.599. The van der Waals surface area contributed by atoms with Crippen LogP contribution in [0.3, 0.4) is 0 Å². The fourth-order valence-corrected chi connectivity index (χ4v) is 2.84. The Morgan fingerprint density at radius 1 is 1.11 bits per heavy atom. The molecule has 0 saturated heterocycles. The van der Waals surface area contributed by atoms with Crippen molar-refractivity contribution >= 4 is 11.6 Å². The van der Waals surface area contributed by atoms with Crippen molar-refractivity contribution in [1.29, 1.82) is 0 Å². The van der Waals surface area contributed by atoms with Gasteiger partial charge in [0, 0.05) is 11.3 Å². The summed E-state index contributed by atoms with van der Waals surface area (Å²) >= 11 is 0. The minimum absolute atomic E-state index is 0.279. The summed E-state index contributed by atoms with van der Waals surface area (Å²) in [6.07, 6.45) is 2.99. The summed E-state index contributed by atoms with van der Waals surface area (Å²) in [4.78, 5) is 16.6. The van der Waals surface area contributed by atoms with E-state index in [1.807, 2.05) is 56.3 Å². The van der Waals surface area contributed by atoms with Crippen LogP contribution in [-0.4, -0.2) is 25.9 Å². The molecule has 2 aromatic heterocycles. The second kappa shape index (κ2) is 6.87. The molecule has 27 heavy (non-hydrogen) atoms. The SMILES string of the molecule is Cc1cccc(-n2nnc(C(=O)Nc3cccc(-c4cnco4)c3)c2C)c1. The first kappa shape index (κ1) is 16.7. The smallest absolute Gasteiger partial charge is 0.278 e. The highest BCUT2D eigenvalue weighted by atomic mass is 16.3. The third-order valence-corrected chi connectivity index (χ3v) is 4.19. The third-order valence-electron chi connectivity index (χ3n) is 4.19. The van der Waals surface area contributed by atoms with Crippen molar-refractivity contribution in [3.05, 3.63) is 78.1 Å². The lowest BCUT2D eigenvalue weighted by Crippen LogP contribution is -2.14. The molecule has 4 aromatic rings. The van der Waals surface area contributed by atoms with Gasteiger partial charge in [0.1, 0.15) is 0 Å². The summed E-state index contributed by atoms with van der Waals surface area (Å²) in [6, 6.07) is 15.2. The Balaban J connectivity index is 1.59. The van der Waals surface area contributed by atoms with E-state index in [1.54, 1.807) is 16.9 Å². The number of hydrogen-bond acceptors (Lipinski definition) is 5. The zero-order valence-electron chi connectivity index (χ0n) is 14.9. The number of oxazole rings is 1. The predicted octanol–water partition coefficient (Wildman–Crippen LogP) is 3.79. The first-order chi connectivity index (χ1) is 13.1. The highest BCUT2D eigenvalue weighted by Gasteiger charge is 2.18. The monoisotopic (exact) mass is 359 g/mol. The van der Waals surface area contributed by atoms with Crippen LogP contribution in [0.2, 0.25) is 0 Å². The molecule has 0 fully saturated rings.